The van der Waals surface area contributed by atoms with Crippen LogP contribution in [0, 0.1) is 0 Å². The van der Waals surface area contributed by atoms with E-state index in [0.717, 1.165) is 16.9 Å². The lowest BCUT2D eigenvalue weighted by molar-refractivity contribution is 0.0531. The normalized spacial score (nSPS) is 11.6. The Kier molecular flexibility index (Phi) is 10.6. The van der Waals surface area contributed by atoms with Crippen molar-refractivity contribution in [1.29, 1.82) is 0 Å². The molecule has 0 radical (unpaired) electrons. The fourth-order valence-electron chi connectivity index (χ4n) is 2.77. The van der Waals surface area contributed by atoms with E-state index in [1.54, 1.807) is 31.2 Å². The van der Waals surface area contributed by atoms with Crippen LogP contribution in [0.2, 0.25) is 0 Å². The lowest BCUT2D eigenvalue weighted by atomic mass is 10.1. The van der Waals surface area contributed by atoms with Gasteiger partial charge in [0.25, 0.3) is 5.91 Å². The molecule has 0 spiro atoms. The van der Waals surface area contributed by atoms with Gasteiger partial charge in [-0.1, -0.05) is 37.3 Å². The quantitative estimate of drug-likeness (QED) is 0.191. The lowest BCUT2D eigenvalue weighted by Gasteiger charge is -2.19. The van der Waals surface area contributed by atoms with Crippen LogP contribution in [0.1, 0.15) is 44.6 Å². The van der Waals surface area contributed by atoms with Crippen LogP contribution in [0.3, 0.4) is 0 Å². The van der Waals surface area contributed by atoms with Crippen LogP contribution < -0.4 is 16.5 Å². The molecular weight excluding hydrogens is 464 g/mol. The van der Waals surface area contributed by atoms with Crippen molar-refractivity contribution in [2.75, 3.05) is 25.1 Å². The average molecular weight is 499 g/mol. The number of rotatable bonds is 10. The molecule has 1 aromatic heterocycles. The van der Waals surface area contributed by atoms with Gasteiger partial charge in [-0.2, -0.15) is 0 Å². The van der Waals surface area contributed by atoms with Crippen molar-refractivity contribution in [3.8, 4) is 11.3 Å². The summed E-state index contributed by atoms with van der Waals surface area (Å²) in [5.74, 6) is 0.201. The summed E-state index contributed by atoms with van der Waals surface area (Å²) in [6.45, 7) is 7.93. The topological polar surface area (TPSA) is 122 Å². The smallest absolute Gasteiger partial charge is 0.407 e. The van der Waals surface area contributed by atoms with Gasteiger partial charge in [0.1, 0.15) is 5.60 Å². The molecule has 4 N–H and O–H groups in total. The third-order valence-corrected chi connectivity index (χ3v) is 5.35. The molecule has 0 saturated carbocycles. The number of nitrogens with zero attached hydrogens (tertiary/aromatic N) is 3. The molecule has 0 unspecified atom stereocenters. The minimum Gasteiger partial charge on any atom is -0.444 e. The molecule has 0 bridgehead atoms. The second kappa shape index (κ2) is 13.4. The van der Waals surface area contributed by atoms with E-state index in [2.05, 4.69) is 20.7 Å². The highest BCUT2D eigenvalue weighted by Crippen LogP contribution is 2.30. The average Bonchev–Trinajstić information content (AvgIpc) is 2.79. The van der Waals surface area contributed by atoms with E-state index in [1.165, 1.54) is 5.01 Å². The Morgan fingerprint density at radius 3 is 2.69 bits per heavy atom. The highest BCUT2D eigenvalue weighted by Gasteiger charge is 2.18. The van der Waals surface area contributed by atoms with Gasteiger partial charge in [0.2, 0.25) is 0 Å². The Hall–Kier alpha value is -3.53. The molecule has 0 aliphatic carbocycles. The summed E-state index contributed by atoms with van der Waals surface area (Å²) in [6.07, 6.45) is 9.46. The van der Waals surface area contributed by atoms with Crippen molar-refractivity contribution in [2.45, 2.75) is 44.6 Å². The molecule has 1 aromatic carbocycles. The first-order valence-electron chi connectivity index (χ1n) is 11.3. The molecule has 0 aliphatic rings. The van der Waals surface area contributed by atoms with E-state index in [4.69, 9.17) is 10.5 Å². The molecule has 1 heterocycles. The third kappa shape index (κ3) is 9.70. The largest absolute Gasteiger partial charge is 0.444 e. The number of allylic oxidation sites excluding steroid dienone is 3. The lowest BCUT2D eigenvalue weighted by Crippen LogP contribution is -2.36. The van der Waals surface area contributed by atoms with Crippen LogP contribution in [0.5, 0.6) is 0 Å². The Morgan fingerprint density at radius 2 is 1.97 bits per heavy atom. The van der Waals surface area contributed by atoms with Crippen LogP contribution >= 0.6 is 11.8 Å². The van der Waals surface area contributed by atoms with Gasteiger partial charge in [0.05, 0.1) is 11.9 Å². The molecule has 2 rings (SSSR count). The number of hydrogen-bond donors (Lipinski definition) is 3. The number of carbonyl (C=O) groups excluding carboxylic acids is 2. The molecule has 9 nitrogen and oxygen atoms in total. The Bertz CT molecular complexity index is 1070. The molecule has 0 atom stereocenters. The van der Waals surface area contributed by atoms with Crippen molar-refractivity contribution in [3.63, 3.8) is 0 Å². The molecule has 2 aromatic rings. The van der Waals surface area contributed by atoms with Crippen molar-refractivity contribution >= 4 is 29.6 Å². The Morgan fingerprint density at radius 1 is 1.23 bits per heavy atom. The summed E-state index contributed by atoms with van der Waals surface area (Å²) in [5.41, 5.74) is 9.50. The SMILES string of the molecule is CC/C=C\C=C/N(C)NC(=O)c1nc(-c2ccccc2SCCNC(=O)OC(C)(C)C)cnc1N. The highest BCUT2D eigenvalue weighted by atomic mass is 32.2. The van der Waals surface area contributed by atoms with E-state index in [9.17, 15) is 9.59 Å². The number of carbonyl (C=O) groups is 2. The predicted molar refractivity (Wildman–Crippen MR) is 141 cm³/mol. The molecule has 0 aliphatic heterocycles. The first-order chi connectivity index (χ1) is 16.6. The molecule has 0 saturated heterocycles. The number of amides is 2. The Labute approximate surface area is 211 Å². The van der Waals surface area contributed by atoms with Gasteiger partial charge in [-0.25, -0.2) is 14.8 Å². The maximum absolute atomic E-state index is 12.8. The van der Waals surface area contributed by atoms with Gasteiger partial charge in [-0.3, -0.25) is 15.2 Å². The molecular formula is C25H34N6O3S. The van der Waals surface area contributed by atoms with Gasteiger partial charge in [0.15, 0.2) is 11.5 Å². The summed E-state index contributed by atoms with van der Waals surface area (Å²) in [6, 6.07) is 7.66. The molecule has 0 fully saturated rings. The number of aromatic nitrogens is 2. The molecule has 2 amide bonds. The van der Waals surface area contributed by atoms with Gasteiger partial charge in [0, 0.05) is 36.0 Å². The number of thioether (sulfide) groups is 1. The highest BCUT2D eigenvalue weighted by molar-refractivity contribution is 7.99. The second-order valence-electron chi connectivity index (χ2n) is 8.49. The van der Waals surface area contributed by atoms with Gasteiger partial charge >= 0.3 is 6.09 Å². The summed E-state index contributed by atoms with van der Waals surface area (Å²) >= 11 is 1.55. The minimum absolute atomic E-state index is 0.0400. The van der Waals surface area contributed by atoms with E-state index >= 15 is 0 Å². The number of hydrogen-bond acceptors (Lipinski definition) is 8. The predicted octanol–water partition coefficient (Wildman–Crippen LogP) is 4.40. The zero-order valence-corrected chi connectivity index (χ0v) is 21.7. The van der Waals surface area contributed by atoms with E-state index in [1.807, 2.05) is 70.2 Å². The van der Waals surface area contributed by atoms with Crippen molar-refractivity contribution in [2.24, 2.45) is 0 Å². The fraction of sp³-hybridized carbons (Fsp3) is 0.360. The number of nitrogens with one attached hydrogen (secondary N) is 2. The minimum atomic E-state index is -0.543. The second-order valence-corrected chi connectivity index (χ2v) is 9.63. The monoisotopic (exact) mass is 498 g/mol. The molecule has 35 heavy (non-hydrogen) atoms. The zero-order chi connectivity index (χ0) is 25.8. The summed E-state index contributed by atoms with van der Waals surface area (Å²) in [7, 11) is 1.71. The third-order valence-electron chi connectivity index (χ3n) is 4.28. The van der Waals surface area contributed by atoms with Gasteiger partial charge in [-0.15, -0.1) is 11.8 Å². The number of alkyl carbamates (subject to hydrolysis) is 1. The summed E-state index contributed by atoms with van der Waals surface area (Å²) in [4.78, 5) is 34.2. The number of nitrogen functional groups attached to an aromatic ring is 1. The van der Waals surface area contributed by atoms with Crippen LogP contribution in [0.25, 0.3) is 11.3 Å². The van der Waals surface area contributed by atoms with E-state index in [-0.39, 0.29) is 11.5 Å². The van der Waals surface area contributed by atoms with Gasteiger partial charge in [-0.05, 0) is 39.3 Å². The maximum Gasteiger partial charge on any atom is 0.407 e. The van der Waals surface area contributed by atoms with Crippen LogP contribution in [0.15, 0.2) is 59.8 Å². The first kappa shape index (κ1) is 27.7. The Balaban J connectivity index is 2.09. The van der Waals surface area contributed by atoms with Gasteiger partial charge < -0.3 is 15.8 Å². The van der Waals surface area contributed by atoms with Crippen LogP contribution in [0.4, 0.5) is 10.6 Å². The number of benzene rings is 1. The number of ether oxygens (including phenoxy) is 1. The first-order valence-corrected chi connectivity index (χ1v) is 12.3. The van der Waals surface area contributed by atoms with E-state index in [0.29, 0.717) is 18.0 Å². The molecule has 188 valence electrons. The van der Waals surface area contributed by atoms with Crippen LogP contribution in [-0.2, 0) is 4.74 Å². The number of hydrazine groups is 1. The van der Waals surface area contributed by atoms with Crippen molar-refractivity contribution in [1.82, 2.24) is 25.7 Å². The molecule has 10 heteroatoms. The fourth-order valence-corrected chi connectivity index (χ4v) is 3.70. The van der Waals surface area contributed by atoms with Crippen molar-refractivity contribution < 1.29 is 14.3 Å². The number of nitrogens with two attached hydrogens (primary N) is 1. The summed E-state index contributed by atoms with van der Waals surface area (Å²) < 4.78 is 5.25. The standard InChI is InChI=1S/C25H34N6O3S/c1-6-7-8-11-15-31(5)30-23(32)21-22(26)28-17-19(29-21)18-12-9-10-13-20(18)35-16-14-27-24(33)34-25(2,3)4/h7-13,15,17H,6,14,16H2,1-5H3,(H2,26,28)(H,27,33)(H,30,32)/b8-7-,15-11-. The van der Waals surface area contributed by atoms with Crippen LogP contribution in [-0.4, -0.2) is 51.9 Å². The van der Waals surface area contributed by atoms with Crippen molar-refractivity contribution in [3.05, 3.63) is 60.6 Å². The zero-order valence-electron chi connectivity index (χ0n) is 20.9. The maximum atomic E-state index is 12.8. The van der Waals surface area contributed by atoms with E-state index < -0.39 is 17.6 Å². The summed E-state index contributed by atoms with van der Waals surface area (Å²) in [5, 5.41) is 4.27. The number of anilines is 1.